The van der Waals surface area contributed by atoms with Gasteiger partial charge in [-0.3, -0.25) is 4.79 Å². The van der Waals surface area contributed by atoms with Crippen LogP contribution in [-0.2, 0) is 11.8 Å². The van der Waals surface area contributed by atoms with E-state index in [0.717, 1.165) is 6.42 Å². The van der Waals surface area contributed by atoms with Gasteiger partial charge in [-0.2, -0.15) is 0 Å². The number of halogens is 1. The van der Waals surface area contributed by atoms with Gasteiger partial charge in [-0.1, -0.05) is 45.0 Å². The van der Waals surface area contributed by atoms with Gasteiger partial charge < -0.3 is 5.32 Å². The van der Waals surface area contributed by atoms with Gasteiger partial charge in [0.15, 0.2) is 0 Å². The number of hydrogen-bond donors (Lipinski definition) is 1. The number of aryl methyl sites for hydroxylation is 1. The maximum atomic E-state index is 10.7. The van der Waals surface area contributed by atoms with Crippen molar-refractivity contribution in [2.45, 2.75) is 32.6 Å². The summed E-state index contributed by atoms with van der Waals surface area (Å²) in [7, 11) is 0. The molecule has 0 aliphatic rings. The lowest BCUT2D eigenvalue weighted by Crippen LogP contribution is -2.34. The molecule has 1 rings (SSSR count). The van der Waals surface area contributed by atoms with Crippen molar-refractivity contribution in [3.63, 3.8) is 0 Å². The van der Waals surface area contributed by atoms with Gasteiger partial charge >= 0.3 is 5.37 Å². The highest BCUT2D eigenvalue weighted by atomic mass is 35.5. The standard InChI is InChI=1S/C13H18ClNO/c1-4-10-5-7-11(8-6-10)13(2,3)9-15-12(14)16/h5-8H,4,9H2,1-3H3,(H,15,16). The first kappa shape index (κ1) is 13.0. The Labute approximate surface area is 102 Å². The van der Waals surface area contributed by atoms with Crippen molar-refractivity contribution in [2.75, 3.05) is 6.54 Å². The highest BCUT2D eigenvalue weighted by Crippen LogP contribution is 2.22. The van der Waals surface area contributed by atoms with E-state index in [0.29, 0.717) is 6.54 Å². The van der Waals surface area contributed by atoms with Crippen LogP contribution in [0.5, 0.6) is 0 Å². The summed E-state index contributed by atoms with van der Waals surface area (Å²) in [6.07, 6.45) is 1.04. The fourth-order valence-corrected chi connectivity index (χ4v) is 1.65. The molecule has 1 N–H and O–H groups in total. The molecule has 0 aliphatic heterocycles. The van der Waals surface area contributed by atoms with Crippen LogP contribution in [-0.4, -0.2) is 11.9 Å². The molecule has 0 saturated carbocycles. The van der Waals surface area contributed by atoms with Gasteiger partial charge in [0.2, 0.25) is 0 Å². The summed E-state index contributed by atoms with van der Waals surface area (Å²) in [5.41, 5.74) is 2.42. The van der Waals surface area contributed by atoms with Crippen molar-refractivity contribution in [3.05, 3.63) is 35.4 Å². The molecule has 0 radical (unpaired) electrons. The van der Waals surface area contributed by atoms with Gasteiger partial charge in [0, 0.05) is 12.0 Å². The van der Waals surface area contributed by atoms with Crippen LogP contribution in [0.3, 0.4) is 0 Å². The van der Waals surface area contributed by atoms with E-state index < -0.39 is 5.37 Å². The lowest BCUT2D eigenvalue weighted by Gasteiger charge is -2.25. The van der Waals surface area contributed by atoms with E-state index >= 15 is 0 Å². The Morgan fingerprint density at radius 3 is 2.31 bits per heavy atom. The lowest BCUT2D eigenvalue weighted by atomic mass is 9.84. The van der Waals surface area contributed by atoms with Gasteiger partial charge in [0.25, 0.3) is 0 Å². The molecular formula is C13H18ClNO. The molecule has 0 atom stereocenters. The molecule has 0 spiro atoms. The summed E-state index contributed by atoms with van der Waals surface area (Å²) in [6, 6.07) is 8.47. The fraction of sp³-hybridized carbons (Fsp3) is 0.462. The first-order valence-electron chi connectivity index (χ1n) is 5.48. The molecule has 0 bridgehead atoms. The quantitative estimate of drug-likeness (QED) is 0.633. The Hall–Kier alpha value is -1.02. The summed E-state index contributed by atoms with van der Waals surface area (Å²) in [4.78, 5) is 10.7. The number of carbonyl (C=O) groups is 1. The van der Waals surface area contributed by atoms with E-state index in [2.05, 4.69) is 50.4 Å². The molecule has 0 aliphatic carbocycles. The third-order valence-corrected chi connectivity index (χ3v) is 2.95. The van der Waals surface area contributed by atoms with Crippen molar-refractivity contribution >= 4 is 17.0 Å². The molecule has 0 aromatic heterocycles. The molecule has 0 unspecified atom stereocenters. The van der Waals surface area contributed by atoms with Crippen LogP contribution in [0.1, 0.15) is 31.9 Å². The molecule has 0 fully saturated rings. The molecule has 0 heterocycles. The van der Waals surface area contributed by atoms with Crippen LogP contribution in [0.15, 0.2) is 24.3 Å². The van der Waals surface area contributed by atoms with Gasteiger partial charge in [-0.05, 0) is 29.1 Å². The normalized spacial score (nSPS) is 11.2. The fourth-order valence-electron chi connectivity index (χ4n) is 1.58. The highest BCUT2D eigenvalue weighted by Gasteiger charge is 2.20. The Bertz CT molecular complexity index is 357. The van der Waals surface area contributed by atoms with E-state index in [1.54, 1.807) is 0 Å². The van der Waals surface area contributed by atoms with E-state index in [1.165, 1.54) is 11.1 Å². The lowest BCUT2D eigenvalue weighted by molar-refractivity contribution is 0.257. The zero-order valence-electron chi connectivity index (χ0n) is 10.0. The van der Waals surface area contributed by atoms with Crippen molar-refractivity contribution in [3.8, 4) is 0 Å². The summed E-state index contributed by atoms with van der Waals surface area (Å²) < 4.78 is 0. The van der Waals surface area contributed by atoms with E-state index in [-0.39, 0.29) is 5.41 Å². The van der Waals surface area contributed by atoms with E-state index in [1.807, 2.05) is 0 Å². The number of carbonyl (C=O) groups excluding carboxylic acids is 1. The third-order valence-electron chi connectivity index (χ3n) is 2.81. The second kappa shape index (κ2) is 5.35. The second-order valence-corrected chi connectivity index (χ2v) is 4.90. The van der Waals surface area contributed by atoms with Gasteiger partial charge in [-0.15, -0.1) is 0 Å². The van der Waals surface area contributed by atoms with E-state index in [9.17, 15) is 4.79 Å². The average Bonchev–Trinajstić information content (AvgIpc) is 2.27. The molecule has 2 nitrogen and oxygen atoms in total. The van der Waals surface area contributed by atoms with Crippen LogP contribution >= 0.6 is 11.6 Å². The first-order chi connectivity index (χ1) is 7.45. The minimum atomic E-state index is -0.502. The number of benzene rings is 1. The summed E-state index contributed by atoms with van der Waals surface area (Å²) in [5.74, 6) is 0. The molecule has 1 aromatic rings. The number of rotatable bonds is 4. The Balaban J connectivity index is 2.76. The SMILES string of the molecule is CCc1ccc(C(C)(C)CNC(=O)Cl)cc1. The van der Waals surface area contributed by atoms with Crippen molar-refractivity contribution in [1.29, 1.82) is 0 Å². The molecule has 88 valence electrons. The predicted molar refractivity (Wildman–Crippen MR) is 68.1 cm³/mol. The minimum absolute atomic E-state index is 0.100. The average molecular weight is 240 g/mol. The number of amides is 1. The topological polar surface area (TPSA) is 29.1 Å². The summed E-state index contributed by atoms with van der Waals surface area (Å²) in [6.45, 7) is 6.84. The van der Waals surface area contributed by atoms with Crippen LogP contribution in [0.4, 0.5) is 4.79 Å². The molecule has 1 aromatic carbocycles. The van der Waals surface area contributed by atoms with Crippen molar-refractivity contribution < 1.29 is 4.79 Å². The maximum absolute atomic E-state index is 10.7. The van der Waals surface area contributed by atoms with Crippen LogP contribution in [0.2, 0.25) is 0 Å². The number of hydrogen-bond acceptors (Lipinski definition) is 1. The van der Waals surface area contributed by atoms with E-state index in [4.69, 9.17) is 11.6 Å². The molecule has 16 heavy (non-hydrogen) atoms. The molecule has 0 saturated heterocycles. The van der Waals surface area contributed by atoms with Gasteiger partial charge in [0.1, 0.15) is 0 Å². The maximum Gasteiger partial charge on any atom is 0.313 e. The van der Waals surface area contributed by atoms with Gasteiger partial charge in [0.05, 0.1) is 0 Å². The molecular weight excluding hydrogens is 222 g/mol. The predicted octanol–water partition coefficient (Wildman–Crippen LogP) is 3.48. The first-order valence-corrected chi connectivity index (χ1v) is 5.86. The monoisotopic (exact) mass is 239 g/mol. The molecule has 3 heteroatoms. The Morgan fingerprint density at radius 1 is 1.31 bits per heavy atom. The van der Waals surface area contributed by atoms with Crippen LogP contribution in [0, 0.1) is 0 Å². The number of nitrogens with one attached hydrogen (secondary N) is 1. The third kappa shape index (κ3) is 3.53. The molecule has 1 amide bonds. The van der Waals surface area contributed by atoms with Gasteiger partial charge in [-0.25, -0.2) is 0 Å². The Morgan fingerprint density at radius 2 is 1.88 bits per heavy atom. The summed E-state index contributed by atoms with van der Waals surface area (Å²) in [5, 5.41) is 2.14. The zero-order chi connectivity index (χ0) is 12.2. The smallest absolute Gasteiger partial charge is 0.313 e. The largest absolute Gasteiger partial charge is 0.342 e. The minimum Gasteiger partial charge on any atom is -0.342 e. The highest BCUT2D eigenvalue weighted by molar-refractivity contribution is 6.62. The zero-order valence-corrected chi connectivity index (χ0v) is 10.8. The summed E-state index contributed by atoms with van der Waals surface area (Å²) >= 11 is 5.27. The second-order valence-electron chi connectivity index (χ2n) is 4.56. The van der Waals surface area contributed by atoms with Crippen molar-refractivity contribution in [1.82, 2.24) is 5.32 Å². The van der Waals surface area contributed by atoms with Crippen molar-refractivity contribution in [2.24, 2.45) is 0 Å². The Kier molecular flexibility index (Phi) is 4.36. The van der Waals surface area contributed by atoms with Crippen LogP contribution < -0.4 is 5.32 Å². The van der Waals surface area contributed by atoms with Crippen LogP contribution in [0.25, 0.3) is 0 Å².